The predicted molar refractivity (Wildman–Crippen MR) is 95.1 cm³/mol. The van der Waals surface area contributed by atoms with Crippen LogP contribution in [0.25, 0.3) is 0 Å². The number of hydrogen-bond donors (Lipinski definition) is 1. The van der Waals surface area contributed by atoms with Crippen molar-refractivity contribution in [3.8, 4) is 5.75 Å². The maximum atomic E-state index is 13.2. The van der Waals surface area contributed by atoms with E-state index in [1.54, 1.807) is 49.5 Å². The van der Waals surface area contributed by atoms with Crippen LogP contribution in [0.3, 0.4) is 0 Å². The van der Waals surface area contributed by atoms with E-state index < -0.39 is 0 Å². The molecular formula is C20H22FNO2. The van der Waals surface area contributed by atoms with E-state index in [4.69, 9.17) is 4.74 Å². The standard InChI is InChI=1S/C20H22FNO2/c1-3-4-13-24-18-8-5-16(6-9-18)20(23)11-12-22-17-7-10-19(21)15(2)14-17/h5-12,14,22H,3-4,13H2,1-2H3/b12-11+. The average molecular weight is 327 g/mol. The second-order valence-electron chi connectivity index (χ2n) is 5.53. The number of halogens is 1. The van der Waals surface area contributed by atoms with Gasteiger partial charge < -0.3 is 10.1 Å². The van der Waals surface area contributed by atoms with Gasteiger partial charge in [-0.3, -0.25) is 4.79 Å². The Morgan fingerprint density at radius 1 is 1.21 bits per heavy atom. The fraction of sp³-hybridized carbons (Fsp3) is 0.250. The van der Waals surface area contributed by atoms with Gasteiger partial charge in [0, 0.05) is 23.5 Å². The van der Waals surface area contributed by atoms with Gasteiger partial charge in [-0.25, -0.2) is 4.39 Å². The Labute approximate surface area is 142 Å². The SMILES string of the molecule is CCCCOc1ccc(C(=O)/C=C/Nc2ccc(F)c(C)c2)cc1. The van der Waals surface area contributed by atoms with Crippen LogP contribution in [0.4, 0.5) is 10.1 Å². The highest BCUT2D eigenvalue weighted by Crippen LogP contribution is 2.15. The fourth-order valence-corrected chi connectivity index (χ4v) is 2.09. The van der Waals surface area contributed by atoms with Crippen molar-refractivity contribution in [2.24, 2.45) is 0 Å². The molecule has 126 valence electrons. The Balaban J connectivity index is 1.90. The second-order valence-corrected chi connectivity index (χ2v) is 5.53. The third-order valence-electron chi connectivity index (χ3n) is 3.55. The zero-order valence-electron chi connectivity index (χ0n) is 14.0. The summed E-state index contributed by atoms with van der Waals surface area (Å²) < 4.78 is 18.8. The largest absolute Gasteiger partial charge is 0.494 e. The molecule has 0 saturated carbocycles. The molecule has 0 amide bonds. The number of nitrogens with one attached hydrogen (secondary N) is 1. The van der Waals surface area contributed by atoms with E-state index in [2.05, 4.69) is 12.2 Å². The number of unbranched alkanes of at least 4 members (excludes halogenated alkanes) is 1. The molecule has 3 nitrogen and oxygen atoms in total. The number of ketones is 1. The molecule has 0 aliphatic heterocycles. The van der Waals surface area contributed by atoms with Gasteiger partial charge in [0.1, 0.15) is 11.6 Å². The highest BCUT2D eigenvalue weighted by atomic mass is 19.1. The van der Waals surface area contributed by atoms with E-state index in [0.29, 0.717) is 17.7 Å². The molecule has 0 bridgehead atoms. The first kappa shape index (κ1) is 17.7. The summed E-state index contributed by atoms with van der Waals surface area (Å²) in [6.07, 6.45) is 5.10. The van der Waals surface area contributed by atoms with Crippen LogP contribution in [0.5, 0.6) is 5.75 Å². The zero-order valence-corrected chi connectivity index (χ0v) is 14.0. The first-order valence-electron chi connectivity index (χ1n) is 8.06. The summed E-state index contributed by atoms with van der Waals surface area (Å²) in [5.41, 5.74) is 1.88. The van der Waals surface area contributed by atoms with Crippen LogP contribution in [-0.2, 0) is 0 Å². The summed E-state index contributed by atoms with van der Waals surface area (Å²) in [6.45, 7) is 4.49. The quantitative estimate of drug-likeness (QED) is 0.415. The van der Waals surface area contributed by atoms with Gasteiger partial charge in [0.05, 0.1) is 6.61 Å². The Morgan fingerprint density at radius 2 is 1.96 bits per heavy atom. The third kappa shape index (κ3) is 5.23. The second kappa shape index (κ2) is 8.87. The molecule has 0 heterocycles. The van der Waals surface area contributed by atoms with Crippen molar-refractivity contribution in [3.63, 3.8) is 0 Å². The lowest BCUT2D eigenvalue weighted by molar-refractivity contribution is 0.104. The van der Waals surface area contributed by atoms with Crippen LogP contribution in [0.1, 0.15) is 35.7 Å². The molecule has 24 heavy (non-hydrogen) atoms. The maximum absolute atomic E-state index is 13.2. The fourth-order valence-electron chi connectivity index (χ4n) is 2.09. The Bertz CT molecular complexity index is 708. The predicted octanol–water partition coefficient (Wildman–Crippen LogP) is 5.12. The maximum Gasteiger partial charge on any atom is 0.187 e. The number of ether oxygens (including phenoxy) is 1. The van der Waals surface area contributed by atoms with E-state index in [9.17, 15) is 9.18 Å². The van der Waals surface area contributed by atoms with E-state index in [1.165, 1.54) is 12.1 Å². The van der Waals surface area contributed by atoms with Crippen LogP contribution in [-0.4, -0.2) is 12.4 Å². The van der Waals surface area contributed by atoms with Crippen molar-refractivity contribution in [2.45, 2.75) is 26.7 Å². The normalized spacial score (nSPS) is 10.8. The van der Waals surface area contributed by atoms with Crippen LogP contribution in [0, 0.1) is 12.7 Å². The number of aryl methyl sites for hydroxylation is 1. The highest BCUT2D eigenvalue weighted by Gasteiger charge is 2.02. The molecule has 0 spiro atoms. The van der Waals surface area contributed by atoms with Gasteiger partial charge in [-0.05, 0) is 61.4 Å². The number of rotatable bonds is 8. The van der Waals surface area contributed by atoms with E-state index >= 15 is 0 Å². The van der Waals surface area contributed by atoms with Crippen molar-refractivity contribution in [2.75, 3.05) is 11.9 Å². The Morgan fingerprint density at radius 3 is 2.62 bits per heavy atom. The molecular weight excluding hydrogens is 305 g/mol. The van der Waals surface area contributed by atoms with Gasteiger partial charge in [-0.1, -0.05) is 13.3 Å². The van der Waals surface area contributed by atoms with E-state index in [0.717, 1.165) is 24.3 Å². The number of hydrogen-bond acceptors (Lipinski definition) is 3. The minimum atomic E-state index is -0.248. The molecule has 0 unspecified atom stereocenters. The van der Waals surface area contributed by atoms with E-state index in [-0.39, 0.29) is 11.6 Å². The van der Waals surface area contributed by atoms with Crippen LogP contribution in [0.2, 0.25) is 0 Å². The molecule has 0 saturated heterocycles. The van der Waals surface area contributed by atoms with Crippen LogP contribution < -0.4 is 10.1 Å². The smallest absolute Gasteiger partial charge is 0.187 e. The first-order valence-corrected chi connectivity index (χ1v) is 8.06. The van der Waals surface area contributed by atoms with Crippen molar-refractivity contribution in [3.05, 3.63) is 71.7 Å². The van der Waals surface area contributed by atoms with Gasteiger partial charge in [0.25, 0.3) is 0 Å². The monoisotopic (exact) mass is 327 g/mol. The van der Waals surface area contributed by atoms with Gasteiger partial charge in [0.15, 0.2) is 5.78 Å². The number of anilines is 1. The third-order valence-corrected chi connectivity index (χ3v) is 3.55. The number of allylic oxidation sites excluding steroid dienone is 1. The molecule has 2 rings (SSSR count). The number of benzene rings is 2. The molecule has 2 aromatic carbocycles. The highest BCUT2D eigenvalue weighted by molar-refractivity contribution is 6.04. The Kier molecular flexibility index (Phi) is 6.55. The lowest BCUT2D eigenvalue weighted by Crippen LogP contribution is -1.99. The summed E-state index contributed by atoms with van der Waals surface area (Å²) in [5, 5.41) is 2.97. The van der Waals surface area contributed by atoms with Crippen molar-refractivity contribution in [1.29, 1.82) is 0 Å². The summed E-state index contributed by atoms with van der Waals surface area (Å²) in [7, 11) is 0. The van der Waals surface area contributed by atoms with Crippen molar-refractivity contribution >= 4 is 11.5 Å². The van der Waals surface area contributed by atoms with Gasteiger partial charge in [0.2, 0.25) is 0 Å². The van der Waals surface area contributed by atoms with Crippen molar-refractivity contribution in [1.82, 2.24) is 0 Å². The molecule has 0 radical (unpaired) electrons. The summed E-state index contributed by atoms with van der Waals surface area (Å²) in [4.78, 5) is 12.1. The minimum Gasteiger partial charge on any atom is -0.494 e. The van der Waals surface area contributed by atoms with Crippen LogP contribution in [0.15, 0.2) is 54.7 Å². The average Bonchev–Trinajstić information content (AvgIpc) is 2.59. The Hall–Kier alpha value is -2.62. The van der Waals surface area contributed by atoms with Gasteiger partial charge in [-0.2, -0.15) is 0 Å². The van der Waals surface area contributed by atoms with E-state index in [1.807, 2.05) is 0 Å². The summed E-state index contributed by atoms with van der Waals surface area (Å²) >= 11 is 0. The molecule has 0 atom stereocenters. The molecule has 1 N–H and O–H groups in total. The van der Waals surface area contributed by atoms with Crippen LogP contribution >= 0.6 is 0 Å². The summed E-state index contributed by atoms with van der Waals surface area (Å²) in [6, 6.07) is 11.8. The zero-order chi connectivity index (χ0) is 17.4. The minimum absolute atomic E-state index is 0.110. The lowest BCUT2D eigenvalue weighted by Gasteiger charge is -2.05. The first-order chi connectivity index (χ1) is 11.6. The lowest BCUT2D eigenvalue weighted by atomic mass is 10.1. The van der Waals surface area contributed by atoms with Crippen molar-refractivity contribution < 1.29 is 13.9 Å². The van der Waals surface area contributed by atoms with Gasteiger partial charge in [-0.15, -0.1) is 0 Å². The topological polar surface area (TPSA) is 38.3 Å². The number of carbonyl (C=O) groups is 1. The molecule has 0 fully saturated rings. The van der Waals surface area contributed by atoms with Gasteiger partial charge >= 0.3 is 0 Å². The number of carbonyl (C=O) groups excluding carboxylic acids is 1. The summed E-state index contributed by atoms with van der Waals surface area (Å²) in [5.74, 6) is 0.409. The molecule has 0 aliphatic carbocycles. The molecule has 2 aromatic rings. The molecule has 0 aromatic heterocycles. The molecule has 0 aliphatic rings. The molecule has 4 heteroatoms.